The largest absolute Gasteiger partial charge is 0.417 e. The minimum absolute atomic E-state index is 0.00193. The number of imidazole rings is 1. The SMILES string of the molecule is CCCN(CCC)c1ccc(-c2nc3cc(C(CC(N)=O)NC(=O)Nc4ccc(C(F)(F)F)c(Cl)c4)ccc3n2Cc2ccc(F)c(F)c2)cc1. The maximum Gasteiger partial charge on any atom is 0.417 e. The Morgan fingerprint density at radius 3 is 2.24 bits per heavy atom. The Kier molecular flexibility index (Phi) is 11.5. The van der Waals surface area contributed by atoms with Crippen LogP contribution in [0.1, 0.15) is 55.8 Å². The first kappa shape index (κ1) is 37.1. The first-order valence-corrected chi connectivity index (χ1v) is 16.7. The zero-order valence-electron chi connectivity index (χ0n) is 27.8. The summed E-state index contributed by atoms with van der Waals surface area (Å²) in [6, 6.07) is 17.7. The van der Waals surface area contributed by atoms with Gasteiger partial charge in [0.15, 0.2) is 11.6 Å². The number of nitrogens with two attached hydrogens (primary N) is 1. The number of carbonyl (C=O) groups is 2. The second-order valence-corrected chi connectivity index (χ2v) is 12.5. The smallest absolute Gasteiger partial charge is 0.372 e. The van der Waals surface area contributed by atoms with Gasteiger partial charge in [0.1, 0.15) is 5.82 Å². The molecule has 8 nitrogen and oxygen atoms in total. The third kappa shape index (κ3) is 8.95. The highest BCUT2D eigenvalue weighted by atomic mass is 35.5. The quantitative estimate of drug-likeness (QED) is 0.105. The van der Waals surface area contributed by atoms with Crippen molar-refractivity contribution in [2.75, 3.05) is 23.3 Å². The number of fused-ring (bicyclic) bond motifs is 1. The number of primary amides is 1. The number of hydrogen-bond acceptors (Lipinski definition) is 4. The summed E-state index contributed by atoms with van der Waals surface area (Å²) < 4.78 is 69.3. The summed E-state index contributed by atoms with van der Waals surface area (Å²) in [6.07, 6.45) is -2.99. The first-order valence-electron chi connectivity index (χ1n) is 16.3. The zero-order valence-corrected chi connectivity index (χ0v) is 28.6. The zero-order chi connectivity index (χ0) is 36.9. The van der Waals surface area contributed by atoms with Gasteiger partial charge in [-0.05, 0) is 90.7 Å². The number of hydrogen-bond donors (Lipinski definition) is 3. The van der Waals surface area contributed by atoms with Gasteiger partial charge in [0.05, 0.1) is 34.1 Å². The van der Waals surface area contributed by atoms with Crippen LogP contribution in [0.25, 0.3) is 22.4 Å². The molecule has 1 heterocycles. The number of nitrogens with one attached hydrogen (secondary N) is 2. The Balaban J connectivity index is 1.49. The average Bonchev–Trinajstić information content (AvgIpc) is 3.42. The molecule has 51 heavy (non-hydrogen) atoms. The maximum atomic E-state index is 14.2. The van der Waals surface area contributed by atoms with E-state index in [0.29, 0.717) is 28.0 Å². The predicted octanol–water partition coefficient (Wildman–Crippen LogP) is 9.07. The molecule has 0 bridgehead atoms. The Morgan fingerprint density at radius 1 is 0.922 bits per heavy atom. The Labute approximate surface area is 296 Å². The van der Waals surface area contributed by atoms with Gasteiger partial charge < -0.3 is 25.8 Å². The number of amides is 3. The molecule has 1 unspecified atom stereocenters. The van der Waals surface area contributed by atoms with Crippen LogP contribution in [0.3, 0.4) is 0 Å². The van der Waals surface area contributed by atoms with Crippen LogP contribution in [-0.2, 0) is 17.5 Å². The summed E-state index contributed by atoms with van der Waals surface area (Å²) in [4.78, 5) is 32.2. The number of halogens is 6. The highest BCUT2D eigenvalue weighted by Gasteiger charge is 2.33. The highest BCUT2D eigenvalue weighted by Crippen LogP contribution is 2.36. The molecule has 268 valence electrons. The van der Waals surface area contributed by atoms with Crippen LogP contribution in [0.15, 0.2) is 78.9 Å². The van der Waals surface area contributed by atoms with Crippen molar-refractivity contribution in [1.82, 2.24) is 14.9 Å². The number of aromatic nitrogens is 2. The van der Waals surface area contributed by atoms with E-state index in [-0.39, 0.29) is 18.7 Å². The Morgan fingerprint density at radius 2 is 1.63 bits per heavy atom. The van der Waals surface area contributed by atoms with Crippen LogP contribution < -0.4 is 21.3 Å². The Hall–Kier alpha value is -5.17. The molecule has 3 amide bonds. The lowest BCUT2D eigenvalue weighted by Gasteiger charge is -2.24. The van der Waals surface area contributed by atoms with Crippen molar-refractivity contribution in [3.63, 3.8) is 0 Å². The fourth-order valence-electron chi connectivity index (χ4n) is 5.90. The monoisotopic (exact) mass is 726 g/mol. The van der Waals surface area contributed by atoms with Crippen LogP contribution in [0.4, 0.5) is 38.1 Å². The lowest BCUT2D eigenvalue weighted by atomic mass is 10.0. The van der Waals surface area contributed by atoms with E-state index >= 15 is 0 Å². The van der Waals surface area contributed by atoms with Crippen molar-refractivity contribution in [2.45, 2.75) is 51.9 Å². The summed E-state index contributed by atoms with van der Waals surface area (Å²) in [5.74, 6) is -2.11. The van der Waals surface area contributed by atoms with E-state index in [1.807, 2.05) is 28.8 Å². The number of urea groups is 1. The van der Waals surface area contributed by atoms with Gasteiger partial charge in [0, 0.05) is 36.6 Å². The fourth-order valence-corrected chi connectivity index (χ4v) is 6.18. The van der Waals surface area contributed by atoms with E-state index in [4.69, 9.17) is 22.3 Å². The average molecular weight is 727 g/mol. The minimum Gasteiger partial charge on any atom is -0.372 e. The molecule has 0 aliphatic rings. The fraction of sp³-hybridized carbons (Fsp3) is 0.270. The number of rotatable bonds is 13. The van der Waals surface area contributed by atoms with Crippen molar-refractivity contribution < 1.29 is 31.5 Å². The molecular weight excluding hydrogens is 691 g/mol. The van der Waals surface area contributed by atoms with E-state index < -0.39 is 46.4 Å². The van der Waals surface area contributed by atoms with Crippen LogP contribution >= 0.6 is 11.6 Å². The normalized spacial score (nSPS) is 12.2. The van der Waals surface area contributed by atoms with Gasteiger partial charge in [-0.3, -0.25) is 4.79 Å². The molecule has 1 atom stereocenters. The molecule has 1 aromatic heterocycles. The molecule has 0 saturated heterocycles. The molecule has 0 aliphatic heterocycles. The molecule has 0 fully saturated rings. The molecule has 4 aromatic carbocycles. The number of anilines is 2. The van der Waals surface area contributed by atoms with E-state index in [2.05, 4.69) is 29.4 Å². The molecule has 0 spiro atoms. The van der Waals surface area contributed by atoms with Gasteiger partial charge in [0.2, 0.25) is 5.91 Å². The summed E-state index contributed by atoms with van der Waals surface area (Å²) in [5.41, 5.74) is 8.39. The van der Waals surface area contributed by atoms with Gasteiger partial charge in [-0.25, -0.2) is 18.6 Å². The molecular formula is C37H36ClF5N6O2. The maximum absolute atomic E-state index is 14.2. The van der Waals surface area contributed by atoms with Gasteiger partial charge >= 0.3 is 12.2 Å². The highest BCUT2D eigenvalue weighted by molar-refractivity contribution is 6.31. The van der Waals surface area contributed by atoms with E-state index in [9.17, 15) is 31.5 Å². The molecule has 0 aliphatic carbocycles. The summed E-state index contributed by atoms with van der Waals surface area (Å²) >= 11 is 5.80. The summed E-state index contributed by atoms with van der Waals surface area (Å²) in [6.45, 7) is 6.21. The molecule has 4 N–H and O–H groups in total. The van der Waals surface area contributed by atoms with Crippen LogP contribution in [0, 0.1) is 11.6 Å². The molecule has 0 saturated carbocycles. The third-order valence-corrected chi connectivity index (χ3v) is 8.53. The second-order valence-electron chi connectivity index (χ2n) is 12.1. The molecule has 14 heteroatoms. The summed E-state index contributed by atoms with van der Waals surface area (Å²) in [5, 5.41) is 4.49. The van der Waals surface area contributed by atoms with Crippen LogP contribution in [0.2, 0.25) is 5.02 Å². The van der Waals surface area contributed by atoms with Crippen molar-refractivity contribution in [3.8, 4) is 11.4 Å². The van der Waals surface area contributed by atoms with E-state index in [1.165, 1.54) is 6.07 Å². The molecule has 0 radical (unpaired) electrons. The van der Waals surface area contributed by atoms with Gasteiger partial charge in [0.25, 0.3) is 0 Å². The van der Waals surface area contributed by atoms with Gasteiger partial charge in [-0.1, -0.05) is 37.6 Å². The topological polar surface area (TPSA) is 105 Å². The number of benzene rings is 4. The van der Waals surface area contributed by atoms with Crippen molar-refractivity contribution in [2.24, 2.45) is 5.73 Å². The van der Waals surface area contributed by atoms with E-state index in [1.54, 1.807) is 18.2 Å². The number of carbonyl (C=O) groups excluding carboxylic acids is 2. The van der Waals surface area contributed by atoms with Crippen molar-refractivity contribution in [3.05, 3.63) is 112 Å². The minimum atomic E-state index is -4.67. The van der Waals surface area contributed by atoms with Gasteiger partial charge in [-0.15, -0.1) is 0 Å². The number of nitrogens with zero attached hydrogens (tertiary/aromatic N) is 3. The lowest BCUT2D eigenvalue weighted by molar-refractivity contribution is -0.137. The predicted molar refractivity (Wildman–Crippen MR) is 189 cm³/mol. The van der Waals surface area contributed by atoms with Crippen LogP contribution in [0.5, 0.6) is 0 Å². The van der Waals surface area contributed by atoms with Crippen LogP contribution in [-0.4, -0.2) is 34.6 Å². The second kappa shape index (κ2) is 15.8. The van der Waals surface area contributed by atoms with Gasteiger partial charge in [-0.2, -0.15) is 13.2 Å². The Bertz CT molecular complexity index is 2030. The summed E-state index contributed by atoms with van der Waals surface area (Å²) in [7, 11) is 0. The van der Waals surface area contributed by atoms with Crippen molar-refractivity contribution in [1.29, 1.82) is 0 Å². The number of alkyl halides is 3. The lowest BCUT2D eigenvalue weighted by Crippen LogP contribution is -2.35. The third-order valence-electron chi connectivity index (χ3n) is 8.22. The molecule has 5 aromatic rings. The van der Waals surface area contributed by atoms with Crippen molar-refractivity contribution >= 4 is 45.9 Å². The molecule has 5 rings (SSSR count). The first-order chi connectivity index (χ1) is 24.3. The standard InChI is InChI=1S/C37H36ClF5N6O2/c1-3-15-48(16-4-2)26-10-6-23(7-11-26)35-46-32-18-24(8-14-33(32)49(35)21-22-5-13-29(39)30(40)17-22)31(20-34(44)50)47-36(51)45-25-9-12-27(28(38)19-25)37(41,42)43/h5-14,17-19,31H,3-4,15-16,20-21H2,1-2H3,(H2,44,50)(H2,45,47,51). The van der Waals surface area contributed by atoms with E-state index in [0.717, 1.165) is 67.5 Å².